The first-order valence-corrected chi connectivity index (χ1v) is 7.31. The number of nitrogens with one attached hydrogen (secondary N) is 1. The quantitative estimate of drug-likeness (QED) is 0.375. The molecular weight excluding hydrogens is 296 g/mol. The lowest BCUT2D eigenvalue weighted by Crippen LogP contribution is -2.51. The van der Waals surface area contributed by atoms with Crippen molar-refractivity contribution in [3.8, 4) is 0 Å². The van der Waals surface area contributed by atoms with Crippen molar-refractivity contribution in [2.75, 3.05) is 6.61 Å². The van der Waals surface area contributed by atoms with Gasteiger partial charge >= 0.3 is 0 Å². The molecule has 0 fully saturated rings. The van der Waals surface area contributed by atoms with Crippen molar-refractivity contribution in [1.29, 1.82) is 0 Å². The number of rotatable bonds is 6. The molecule has 6 N–H and O–H groups in total. The molecule has 0 bridgehead atoms. The number of benzene rings is 1. The molecule has 116 valence electrons. The second-order valence-corrected chi connectivity index (χ2v) is 5.80. The molecule has 2 rings (SSSR count). The van der Waals surface area contributed by atoms with E-state index in [2.05, 4.69) is 10.5 Å². The fourth-order valence-electron chi connectivity index (χ4n) is 1.87. The Bertz CT molecular complexity index is 487. The van der Waals surface area contributed by atoms with Gasteiger partial charge in [-0.3, -0.25) is 5.43 Å². The maximum atomic E-state index is 10.0. The van der Waals surface area contributed by atoms with Crippen LogP contribution in [0.5, 0.6) is 0 Å². The van der Waals surface area contributed by atoms with Crippen LogP contribution in [-0.4, -0.2) is 67.0 Å². The lowest BCUT2D eigenvalue weighted by Gasteiger charge is -2.28. The van der Waals surface area contributed by atoms with Crippen LogP contribution in [0, 0.1) is 0 Å². The van der Waals surface area contributed by atoms with Crippen LogP contribution in [0.4, 0.5) is 0 Å². The van der Waals surface area contributed by atoms with Gasteiger partial charge in [0.25, 0.3) is 0 Å². The number of nitrogens with zero attached hydrogens (tertiary/aromatic N) is 1. The predicted octanol–water partition coefficient (Wildman–Crippen LogP) is -1.55. The molecule has 7 nitrogen and oxygen atoms in total. The number of hydrogen-bond donors (Lipinski definition) is 6. The predicted molar refractivity (Wildman–Crippen MR) is 78.6 cm³/mol. The van der Waals surface area contributed by atoms with Crippen molar-refractivity contribution < 1.29 is 25.5 Å². The van der Waals surface area contributed by atoms with E-state index in [4.69, 9.17) is 5.11 Å². The molecule has 1 aromatic carbocycles. The first-order valence-electron chi connectivity index (χ1n) is 6.43. The largest absolute Gasteiger partial charge is 0.394 e. The number of aliphatic hydroxyl groups excluding tert-OH is 5. The van der Waals surface area contributed by atoms with Crippen molar-refractivity contribution in [3.63, 3.8) is 0 Å². The maximum absolute atomic E-state index is 10.0. The zero-order chi connectivity index (χ0) is 15.4. The van der Waals surface area contributed by atoms with E-state index in [-0.39, 0.29) is 0 Å². The first kappa shape index (κ1) is 16.2. The lowest BCUT2D eigenvalue weighted by molar-refractivity contribution is -0.116. The van der Waals surface area contributed by atoms with E-state index in [9.17, 15) is 20.4 Å². The summed E-state index contributed by atoms with van der Waals surface area (Å²) in [6.07, 6.45) is -6.14. The molecule has 1 aliphatic heterocycles. The summed E-state index contributed by atoms with van der Waals surface area (Å²) in [6, 6.07) is 9.32. The Balaban J connectivity index is 1.96. The van der Waals surface area contributed by atoms with Crippen LogP contribution in [-0.2, 0) is 0 Å². The maximum Gasteiger partial charge on any atom is 0.125 e. The third kappa shape index (κ3) is 3.73. The molecule has 8 heteroatoms. The summed E-state index contributed by atoms with van der Waals surface area (Å²) in [5.41, 5.74) is 3.55. The monoisotopic (exact) mass is 314 g/mol. The Morgan fingerprint density at radius 3 is 2.38 bits per heavy atom. The van der Waals surface area contributed by atoms with Gasteiger partial charge in [0.05, 0.1) is 6.61 Å². The van der Waals surface area contributed by atoms with Crippen LogP contribution in [0.25, 0.3) is 0 Å². The topological polar surface area (TPSA) is 126 Å². The normalized spacial score (nSPS) is 23.9. The summed E-state index contributed by atoms with van der Waals surface area (Å²) in [7, 11) is 0. The minimum atomic E-state index is -1.65. The molecule has 0 unspecified atom stereocenters. The Morgan fingerprint density at radius 1 is 1.10 bits per heavy atom. The minimum absolute atomic E-state index is 0.657. The fourth-order valence-corrected chi connectivity index (χ4v) is 2.90. The Morgan fingerprint density at radius 2 is 1.76 bits per heavy atom. The molecule has 0 radical (unpaired) electrons. The standard InChI is InChI=1S/C13H18N2O5S/c16-6-8(17)9(18)10(19)11(20)13-15-14-12(21-13)7-4-2-1-3-5-7/h1-5,8-11,13,15-20H,6H2/t8-,9-,10-,11-,13-/m1/s1. The van der Waals surface area contributed by atoms with Gasteiger partial charge in [-0.1, -0.05) is 42.1 Å². The SMILES string of the molecule is OC[C@@H](O)[C@@H](O)[C@@H](O)[C@@H](O)[C@@H]1NN=C(c2ccccc2)S1. The summed E-state index contributed by atoms with van der Waals surface area (Å²) in [4.78, 5) is 0. The van der Waals surface area contributed by atoms with Gasteiger partial charge in [-0.2, -0.15) is 5.10 Å². The van der Waals surface area contributed by atoms with Crippen LogP contribution in [0.1, 0.15) is 5.56 Å². The fraction of sp³-hybridized carbons (Fsp3) is 0.462. The summed E-state index contributed by atoms with van der Waals surface area (Å²) in [5.74, 6) is 0. The van der Waals surface area contributed by atoms with E-state index in [0.717, 1.165) is 5.56 Å². The molecule has 1 aliphatic rings. The molecule has 0 aromatic heterocycles. The number of aliphatic hydroxyl groups is 5. The van der Waals surface area contributed by atoms with E-state index in [1.165, 1.54) is 11.8 Å². The highest BCUT2D eigenvalue weighted by Gasteiger charge is 2.37. The van der Waals surface area contributed by atoms with Crippen molar-refractivity contribution >= 4 is 16.8 Å². The van der Waals surface area contributed by atoms with Gasteiger partial charge in [-0.25, -0.2) is 0 Å². The van der Waals surface area contributed by atoms with E-state index in [1.54, 1.807) is 0 Å². The minimum Gasteiger partial charge on any atom is -0.394 e. The van der Waals surface area contributed by atoms with Gasteiger partial charge in [-0.05, 0) is 0 Å². The zero-order valence-corrected chi connectivity index (χ0v) is 11.9. The van der Waals surface area contributed by atoms with Crippen LogP contribution < -0.4 is 5.43 Å². The van der Waals surface area contributed by atoms with Gasteiger partial charge in [0, 0.05) is 5.56 Å². The zero-order valence-electron chi connectivity index (χ0n) is 11.1. The summed E-state index contributed by atoms with van der Waals surface area (Å²) in [6.45, 7) is -0.706. The van der Waals surface area contributed by atoms with Gasteiger partial charge < -0.3 is 25.5 Å². The van der Waals surface area contributed by atoms with Crippen LogP contribution in [0.3, 0.4) is 0 Å². The van der Waals surface area contributed by atoms with Crippen molar-refractivity contribution in [3.05, 3.63) is 35.9 Å². The second-order valence-electron chi connectivity index (χ2n) is 4.67. The van der Waals surface area contributed by atoms with Crippen molar-refractivity contribution in [2.24, 2.45) is 5.10 Å². The highest BCUT2D eigenvalue weighted by Crippen LogP contribution is 2.26. The molecule has 1 aromatic rings. The lowest BCUT2D eigenvalue weighted by atomic mass is 10.0. The highest BCUT2D eigenvalue weighted by molar-refractivity contribution is 8.15. The molecular formula is C13H18N2O5S. The molecule has 1 heterocycles. The Kier molecular flexibility index (Phi) is 5.57. The first-order chi connectivity index (χ1) is 10.0. The van der Waals surface area contributed by atoms with Crippen LogP contribution in [0.2, 0.25) is 0 Å². The van der Waals surface area contributed by atoms with Gasteiger partial charge in [0.1, 0.15) is 34.8 Å². The molecule has 0 amide bonds. The molecule has 0 spiro atoms. The number of hydrazone groups is 1. The van der Waals surface area contributed by atoms with E-state index in [0.29, 0.717) is 5.04 Å². The average Bonchev–Trinajstić information content (AvgIpc) is 3.02. The van der Waals surface area contributed by atoms with Crippen LogP contribution in [0.15, 0.2) is 35.4 Å². The van der Waals surface area contributed by atoms with Gasteiger partial charge in [0.2, 0.25) is 0 Å². The van der Waals surface area contributed by atoms with E-state index in [1.807, 2.05) is 30.3 Å². The van der Waals surface area contributed by atoms with E-state index >= 15 is 0 Å². The molecule has 0 aliphatic carbocycles. The smallest absolute Gasteiger partial charge is 0.125 e. The molecule has 21 heavy (non-hydrogen) atoms. The molecule has 0 saturated carbocycles. The number of hydrogen-bond acceptors (Lipinski definition) is 8. The second kappa shape index (κ2) is 7.21. The third-order valence-electron chi connectivity index (χ3n) is 3.14. The average molecular weight is 314 g/mol. The molecule has 5 atom stereocenters. The van der Waals surface area contributed by atoms with Gasteiger partial charge in [-0.15, -0.1) is 0 Å². The Hall–Kier alpha value is -1.16. The summed E-state index contributed by atoms with van der Waals surface area (Å²) < 4.78 is 0. The van der Waals surface area contributed by atoms with Gasteiger partial charge in [0.15, 0.2) is 0 Å². The summed E-state index contributed by atoms with van der Waals surface area (Å²) in [5, 5.41) is 51.6. The highest BCUT2D eigenvalue weighted by atomic mass is 32.2. The summed E-state index contributed by atoms with van der Waals surface area (Å²) >= 11 is 1.21. The third-order valence-corrected chi connectivity index (χ3v) is 4.33. The van der Waals surface area contributed by atoms with E-state index < -0.39 is 36.4 Å². The Labute approximate surface area is 125 Å². The molecule has 0 saturated heterocycles. The van der Waals surface area contributed by atoms with Crippen molar-refractivity contribution in [2.45, 2.75) is 29.8 Å². The number of thioether (sulfide) groups is 1. The van der Waals surface area contributed by atoms with Crippen LogP contribution >= 0.6 is 11.8 Å². The van der Waals surface area contributed by atoms with Crippen molar-refractivity contribution in [1.82, 2.24) is 5.43 Å².